The molecule has 0 saturated carbocycles. The van der Waals surface area contributed by atoms with Gasteiger partial charge in [0.15, 0.2) is 0 Å². The van der Waals surface area contributed by atoms with E-state index in [1.54, 1.807) is 4.68 Å². The van der Waals surface area contributed by atoms with Crippen LogP contribution in [0.2, 0.25) is 0 Å². The predicted octanol–water partition coefficient (Wildman–Crippen LogP) is 1.42. The Balaban J connectivity index is 1.81. The third kappa shape index (κ3) is 4.87. The molecule has 2 rings (SSSR count). The quantitative estimate of drug-likeness (QED) is 0.718. The van der Waals surface area contributed by atoms with Crippen molar-refractivity contribution >= 4 is 17.7 Å². The number of amides is 1. The SMILES string of the molecule is CCSCCc1cn(C[C@@H](C)NC(=O)c2cnc(C)[nH]2)nn1. The van der Waals surface area contributed by atoms with Crippen LogP contribution in [0, 0.1) is 6.92 Å². The summed E-state index contributed by atoms with van der Waals surface area (Å²) in [6.45, 7) is 6.49. The topological polar surface area (TPSA) is 88.5 Å². The van der Waals surface area contributed by atoms with Crippen LogP contribution in [0.25, 0.3) is 0 Å². The molecule has 0 aliphatic carbocycles. The fourth-order valence-corrected chi connectivity index (χ4v) is 2.67. The van der Waals surface area contributed by atoms with Crippen molar-refractivity contribution in [2.45, 2.75) is 39.8 Å². The summed E-state index contributed by atoms with van der Waals surface area (Å²) in [5, 5.41) is 11.2. The Bertz CT molecular complexity index is 608. The zero-order valence-corrected chi connectivity index (χ0v) is 14.0. The fourth-order valence-electron chi connectivity index (χ4n) is 2.03. The Kier molecular flexibility index (Phi) is 6.00. The van der Waals surface area contributed by atoms with E-state index in [2.05, 4.69) is 32.5 Å². The molecule has 0 radical (unpaired) electrons. The van der Waals surface area contributed by atoms with Gasteiger partial charge in [0, 0.05) is 18.7 Å². The number of nitrogens with one attached hydrogen (secondary N) is 2. The van der Waals surface area contributed by atoms with Crippen LogP contribution in [0.1, 0.15) is 35.9 Å². The van der Waals surface area contributed by atoms with Gasteiger partial charge in [-0.25, -0.2) is 4.98 Å². The van der Waals surface area contributed by atoms with Crippen molar-refractivity contribution in [3.63, 3.8) is 0 Å². The van der Waals surface area contributed by atoms with Crippen LogP contribution in [0.5, 0.6) is 0 Å². The zero-order chi connectivity index (χ0) is 15.9. The average molecular weight is 322 g/mol. The van der Waals surface area contributed by atoms with Gasteiger partial charge < -0.3 is 10.3 Å². The summed E-state index contributed by atoms with van der Waals surface area (Å²) in [5.74, 6) is 2.74. The number of H-pyrrole nitrogens is 1. The zero-order valence-electron chi connectivity index (χ0n) is 13.2. The summed E-state index contributed by atoms with van der Waals surface area (Å²) in [6.07, 6.45) is 4.41. The maximum Gasteiger partial charge on any atom is 0.269 e. The van der Waals surface area contributed by atoms with Crippen molar-refractivity contribution in [2.75, 3.05) is 11.5 Å². The van der Waals surface area contributed by atoms with Gasteiger partial charge in [-0.05, 0) is 25.4 Å². The molecule has 1 amide bonds. The highest BCUT2D eigenvalue weighted by Crippen LogP contribution is 2.04. The molecule has 0 bridgehead atoms. The minimum absolute atomic E-state index is 0.0457. The molecule has 1 atom stereocenters. The van der Waals surface area contributed by atoms with E-state index in [9.17, 15) is 4.79 Å². The second kappa shape index (κ2) is 7.98. The Hall–Kier alpha value is -1.83. The Labute approximate surface area is 134 Å². The third-order valence-electron chi connectivity index (χ3n) is 3.08. The first-order valence-electron chi connectivity index (χ1n) is 7.37. The first kappa shape index (κ1) is 16.5. The van der Waals surface area contributed by atoms with Crippen LogP contribution >= 0.6 is 11.8 Å². The molecule has 2 heterocycles. The van der Waals surface area contributed by atoms with Crippen molar-refractivity contribution < 1.29 is 4.79 Å². The van der Waals surface area contributed by atoms with Crippen LogP contribution in [0.15, 0.2) is 12.4 Å². The second-order valence-corrected chi connectivity index (χ2v) is 6.53. The fraction of sp³-hybridized carbons (Fsp3) is 0.571. The summed E-state index contributed by atoms with van der Waals surface area (Å²) in [5.41, 5.74) is 1.46. The summed E-state index contributed by atoms with van der Waals surface area (Å²) >= 11 is 1.89. The second-order valence-electron chi connectivity index (χ2n) is 5.14. The van der Waals surface area contributed by atoms with E-state index in [-0.39, 0.29) is 11.9 Å². The van der Waals surface area contributed by atoms with Crippen LogP contribution in [-0.4, -0.2) is 48.4 Å². The molecule has 2 aromatic heterocycles. The van der Waals surface area contributed by atoms with Crippen LogP contribution in [-0.2, 0) is 13.0 Å². The van der Waals surface area contributed by atoms with E-state index >= 15 is 0 Å². The molecule has 0 aliphatic heterocycles. The van der Waals surface area contributed by atoms with E-state index in [0.717, 1.165) is 29.4 Å². The Morgan fingerprint density at radius 3 is 3.05 bits per heavy atom. The number of carbonyl (C=O) groups is 1. The van der Waals surface area contributed by atoms with Gasteiger partial charge in [-0.1, -0.05) is 12.1 Å². The highest BCUT2D eigenvalue weighted by atomic mass is 32.2. The highest BCUT2D eigenvalue weighted by Gasteiger charge is 2.13. The van der Waals surface area contributed by atoms with Gasteiger partial charge in [-0.2, -0.15) is 11.8 Å². The number of aromatic nitrogens is 5. The number of hydrogen-bond donors (Lipinski definition) is 2. The van der Waals surface area contributed by atoms with E-state index in [1.807, 2.05) is 31.8 Å². The van der Waals surface area contributed by atoms with E-state index in [1.165, 1.54) is 6.20 Å². The summed E-state index contributed by atoms with van der Waals surface area (Å²) in [6, 6.07) is -0.0457. The van der Waals surface area contributed by atoms with Gasteiger partial charge in [-0.15, -0.1) is 5.10 Å². The summed E-state index contributed by atoms with van der Waals surface area (Å²) in [7, 11) is 0. The maximum atomic E-state index is 12.0. The maximum absolute atomic E-state index is 12.0. The minimum atomic E-state index is -0.159. The van der Waals surface area contributed by atoms with E-state index in [0.29, 0.717) is 12.2 Å². The van der Waals surface area contributed by atoms with Crippen molar-refractivity contribution in [1.82, 2.24) is 30.3 Å². The van der Waals surface area contributed by atoms with Crippen molar-refractivity contribution in [3.8, 4) is 0 Å². The smallest absolute Gasteiger partial charge is 0.269 e. The van der Waals surface area contributed by atoms with E-state index in [4.69, 9.17) is 0 Å². The van der Waals surface area contributed by atoms with Gasteiger partial charge in [0.05, 0.1) is 18.4 Å². The third-order valence-corrected chi connectivity index (χ3v) is 3.98. The lowest BCUT2D eigenvalue weighted by Gasteiger charge is -2.12. The van der Waals surface area contributed by atoms with Gasteiger partial charge >= 0.3 is 0 Å². The molecule has 8 heteroatoms. The molecule has 2 aromatic rings. The Morgan fingerprint density at radius 1 is 1.55 bits per heavy atom. The number of hydrogen-bond acceptors (Lipinski definition) is 5. The van der Waals surface area contributed by atoms with Gasteiger partial charge in [0.1, 0.15) is 11.5 Å². The monoisotopic (exact) mass is 322 g/mol. The van der Waals surface area contributed by atoms with Gasteiger partial charge in [-0.3, -0.25) is 9.48 Å². The first-order chi connectivity index (χ1) is 10.6. The predicted molar refractivity (Wildman–Crippen MR) is 87.0 cm³/mol. The molecule has 7 nitrogen and oxygen atoms in total. The summed E-state index contributed by atoms with van der Waals surface area (Å²) in [4.78, 5) is 18.9. The van der Waals surface area contributed by atoms with Crippen LogP contribution in [0.3, 0.4) is 0 Å². The number of aryl methyl sites for hydroxylation is 2. The molecule has 0 fully saturated rings. The molecule has 120 valence electrons. The molecule has 0 aliphatic rings. The lowest BCUT2D eigenvalue weighted by Crippen LogP contribution is -2.36. The number of thioether (sulfide) groups is 1. The van der Waals surface area contributed by atoms with Crippen molar-refractivity contribution in [3.05, 3.63) is 29.6 Å². The molecule has 2 N–H and O–H groups in total. The highest BCUT2D eigenvalue weighted by molar-refractivity contribution is 7.99. The largest absolute Gasteiger partial charge is 0.346 e. The number of rotatable bonds is 8. The number of imidazole rings is 1. The number of carbonyl (C=O) groups excluding carboxylic acids is 1. The van der Waals surface area contributed by atoms with Gasteiger partial charge in [0.2, 0.25) is 0 Å². The van der Waals surface area contributed by atoms with Crippen molar-refractivity contribution in [2.24, 2.45) is 0 Å². The summed E-state index contributed by atoms with van der Waals surface area (Å²) < 4.78 is 1.77. The minimum Gasteiger partial charge on any atom is -0.346 e. The normalized spacial score (nSPS) is 12.3. The molecular formula is C14H22N6OS. The Morgan fingerprint density at radius 2 is 2.36 bits per heavy atom. The molecule has 22 heavy (non-hydrogen) atoms. The van der Waals surface area contributed by atoms with Crippen LogP contribution < -0.4 is 5.32 Å². The van der Waals surface area contributed by atoms with Crippen molar-refractivity contribution in [1.29, 1.82) is 0 Å². The number of aromatic amines is 1. The standard InChI is InChI=1S/C14H22N6OS/c1-4-22-6-5-12-9-20(19-18-12)8-10(2)16-14(21)13-7-15-11(3)17-13/h7,9-10H,4-6,8H2,1-3H3,(H,15,17)(H,16,21)/t10-/m1/s1. The van der Waals surface area contributed by atoms with E-state index < -0.39 is 0 Å². The number of nitrogens with zero attached hydrogens (tertiary/aromatic N) is 4. The molecule has 0 saturated heterocycles. The van der Waals surface area contributed by atoms with Gasteiger partial charge in [0.25, 0.3) is 5.91 Å². The van der Waals surface area contributed by atoms with Crippen LogP contribution in [0.4, 0.5) is 0 Å². The molecule has 0 unspecified atom stereocenters. The average Bonchev–Trinajstić information content (AvgIpc) is 3.08. The first-order valence-corrected chi connectivity index (χ1v) is 8.53. The molecular weight excluding hydrogens is 300 g/mol. The molecule has 0 aromatic carbocycles. The molecule has 0 spiro atoms. The lowest BCUT2D eigenvalue weighted by atomic mass is 10.3. The lowest BCUT2D eigenvalue weighted by molar-refractivity contribution is 0.0931.